The van der Waals surface area contributed by atoms with Crippen molar-refractivity contribution in [3.8, 4) is 0 Å². The normalized spacial score (nSPS) is 22.5. The van der Waals surface area contributed by atoms with E-state index in [0.29, 0.717) is 18.4 Å². The highest BCUT2D eigenvalue weighted by molar-refractivity contribution is 7.50. The highest BCUT2D eigenvalue weighted by atomic mass is 31.2. The van der Waals surface area contributed by atoms with Crippen LogP contribution in [0.2, 0.25) is 0 Å². The number of aromatic amines is 1. The Morgan fingerprint density at radius 1 is 1.43 bits per heavy atom. The molecule has 2 unspecified atom stereocenters. The van der Waals surface area contributed by atoms with E-state index in [1.807, 2.05) is 0 Å². The predicted octanol–water partition coefficient (Wildman–Crippen LogP) is -0.843. The van der Waals surface area contributed by atoms with Crippen molar-refractivity contribution in [3.63, 3.8) is 0 Å². The molecule has 1 aliphatic heterocycles. The predicted molar refractivity (Wildman–Crippen MR) is 91.8 cm³/mol. The standard InChI is InChI=1S/C14H20N3O10P/c1-7-5-17(14(23)15-12(7)20)10-3-2-8(27-10)6-26-28(24,25)16-9(13(21)22)4-11(18)19/h5,8-10H,2-4,6H2,1H3,(H,18,19)(H,21,22)(H,15,20,23)(H2,16,24,25)/t8-,9?,10+/m0/s1. The quantitative estimate of drug-likeness (QED) is 0.312. The minimum absolute atomic E-state index is 0.310. The number of nitrogens with one attached hydrogen (secondary N) is 2. The second-order valence-corrected chi connectivity index (χ2v) is 7.76. The van der Waals surface area contributed by atoms with E-state index in [4.69, 9.17) is 19.5 Å². The number of rotatable bonds is 9. The van der Waals surface area contributed by atoms with Crippen molar-refractivity contribution in [2.75, 3.05) is 6.61 Å². The van der Waals surface area contributed by atoms with Gasteiger partial charge < -0.3 is 19.8 Å². The number of hydrogen-bond donors (Lipinski definition) is 5. The third kappa shape index (κ3) is 5.84. The van der Waals surface area contributed by atoms with Crippen molar-refractivity contribution in [3.05, 3.63) is 32.6 Å². The lowest BCUT2D eigenvalue weighted by Crippen LogP contribution is -2.37. The number of H-pyrrole nitrogens is 1. The number of hydrogen-bond acceptors (Lipinski definition) is 7. The summed E-state index contributed by atoms with van der Waals surface area (Å²) >= 11 is 0. The molecule has 2 rings (SSSR count). The van der Waals surface area contributed by atoms with E-state index in [1.165, 1.54) is 17.7 Å². The van der Waals surface area contributed by atoms with E-state index >= 15 is 0 Å². The fraction of sp³-hybridized carbons (Fsp3) is 0.571. The van der Waals surface area contributed by atoms with Gasteiger partial charge in [0.05, 0.1) is 19.1 Å². The fourth-order valence-electron chi connectivity index (χ4n) is 2.60. The molecule has 0 spiro atoms. The molecule has 1 saturated heterocycles. The SMILES string of the molecule is Cc1cn([C@H]2CC[C@@H](COP(=O)(O)NC(CC(=O)O)C(=O)O)O2)c(=O)[nH]c1=O. The lowest BCUT2D eigenvalue weighted by molar-refractivity contribution is -0.145. The fourth-order valence-corrected chi connectivity index (χ4v) is 3.63. The van der Waals surface area contributed by atoms with Gasteiger partial charge in [0.1, 0.15) is 12.3 Å². The van der Waals surface area contributed by atoms with Crippen LogP contribution >= 0.6 is 7.75 Å². The molecule has 14 heteroatoms. The van der Waals surface area contributed by atoms with Crippen LogP contribution in [0.1, 0.15) is 31.1 Å². The highest BCUT2D eigenvalue weighted by Gasteiger charge is 2.33. The monoisotopic (exact) mass is 421 g/mol. The molecule has 156 valence electrons. The third-order valence-electron chi connectivity index (χ3n) is 3.97. The smallest absolute Gasteiger partial charge is 0.403 e. The summed E-state index contributed by atoms with van der Waals surface area (Å²) < 4.78 is 23.6. The van der Waals surface area contributed by atoms with E-state index in [0.717, 1.165) is 0 Å². The highest BCUT2D eigenvalue weighted by Crippen LogP contribution is 2.39. The molecular weight excluding hydrogens is 401 g/mol. The van der Waals surface area contributed by atoms with Crippen molar-refractivity contribution >= 4 is 19.7 Å². The number of carboxylic acid groups (broad SMARTS) is 2. The molecular formula is C14H20N3O10P. The largest absolute Gasteiger partial charge is 0.481 e. The van der Waals surface area contributed by atoms with Gasteiger partial charge in [0.2, 0.25) is 0 Å². The van der Waals surface area contributed by atoms with Crippen LogP contribution in [-0.4, -0.2) is 55.3 Å². The summed E-state index contributed by atoms with van der Waals surface area (Å²) in [4.78, 5) is 56.7. The molecule has 1 aromatic heterocycles. The maximum absolute atomic E-state index is 12.0. The zero-order valence-electron chi connectivity index (χ0n) is 14.7. The minimum Gasteiger partial charge on any atom is -0.481 e. The van der Waals surface area contributed by atoms with Gasteiger partial charge in [0.25, 0.3) is 5.56 Å². The zero-order valence-corrected chi connectivity index (χ0v) is 15.6. The summed E-state index contributed by atoms with van der Waals surface area (Å²) in [7, 11) is -4.62. The summed E-state index contributed by atoms with van der Waals surface area (Å²) in [5, 5.41) is 19.3. The Morgan fingerprint density at radius 2 is 2.11 bits per heavy atom. The van der Waals surface area contributed by atoms with Crippen LogP contribution in [0.3, 0.4) is 0 Å². The van der Waals surface area contributed by atoms with Crippen molar-refractivity contribution < 1.29 is 38.5 Å². The summed E-state index contributed by atoms with van der Waals surface area (Å²) in [5.41, 5.74) is -0.861. The summed E-state index contributed by atoms with van der Waals surface area (Å²) in [6.07, 6.45) is -0.210. The molecule has 1 aromatic rings. The van der Waals surface area contributed by atoms with Crippen LogP contribution < -0.4 is 16.3 Å². The first-order chi connectivity index (χ1) is 13.0. The number of carbonyl (C=O) groups is 2. The number of aryl methyl sites for hydroxylation is 1. The average molecular weight is 421 g/mol. The van der Waals surface area contributed by atoms with Crippen molar-refractivity contribution in [1.29, 1.82) is 0 Å². The molecule has 0 amide bonds. The Balaban J connectivity index is 1.95. The molecule has 0 aromatic carbocycles. The first-order valence-corrected chi connectivity index (χ1v) is 9.73. The maximum atomic E-state index is 12.0. The molecule has 28 heavy (non-hydrogen) atoms. The van der Waals surface area contributed by atoms with E-state index in [1.54, 1.807) is 5.09 Å². The summed E-state index contributed by atoms with van der Waals surface area (Å²) in [5.74, 6) is -3.09. The third-order valence-corrected chi connectivity index (χ3v) is 5.11. The number of ether oxygens (including phenoxy) is 1. The Bertz CT molecular complexity index is 909. The van der Waals surface area contributed by atoms with Crippen LogP contribution in [0.25, 0.3) is 0 Å². The van der Waals surface area contributed by atoms with Crippen molar-refractivity contribution in [1.82, 2.24) is 14.6 Å². The molecule has 4 atom stereocenters. The Hall–Kier alpha value is -2.31. The lowest BCUT2D eigenvalue weighted by Gasteiger charge is -2.20. The van der Waals surface area contributed by atoms with Crippen LogP contribution in [0.15, 0.2) is 15.8 Å². The molecule has 0 bridgehead atoms. The average Bonchev–Trinajstić information content (AvgIpc) is 3.04. The van der Waals surface area contributed by atoms with Crippen LogP contribution in [-0.2, 0) is 23.4 Å². The van der Waals surface area contributed by atoms with Crippen LogP contribution in [0, 0.1) is 6.92 Å². The molecule has 0 radical (unpaired) electrons. The van der Waals surface area contributed by atoms with Gasteiger partial charge in [0.15, 0.2) is 0 Å². The number of carboxylic acids is 2. The van der Waals surface area contributed by atoms with Gasteiger partial charge in [-0.25, -0.2) is 14.4 Å². The second-order valence-electron chi connectivity index (χ2n) is 6.20. The second kappa shape index (κ2) is 8.80. The van der Waals surface area contributed by atoms with Crippen LogP contribution in [0.5, 0.6) is 0 Å². The van der Waals surface area contributed by atoms with Gasteiger partial charge >= 0.3 is 25.4 Å². The molecule has 1 fully saturated rings. The molecule has 0 aliphatic carbocycles. The number of aromatic nitrogens is 2. The maximum Gasteiger partial charge on any atom is 0.403 e. The van der Waals surface area contributed by atoms with Gasteiger partial charge in [-0.15, -0.1) is 0 Å². The summed E-state index contributed by atoms with van der Waals surface area (Å²) in [6, 6.07) is -1.81. The molecule has 2 heterocycles. The number of nitrogens with zero attached hydrogens (tertiary/aromatic N) is 1. The Labute approximate surface area is 157 Å². The van der Waals surface area contributed by atoms with E-state index in [2.05, 4.69) is 4.98 Å². The van der Waals surface area contributed by atoms with Crippen molar-refractivity contribution in [2.45, 2.75) is 44.6 Å². The zero-order chi connectivity index (χ0) is 21.1. The van der Waals surface area contributed by atoms with Crippen LogP contribution in [0.4, 0.5) is 0 Å². The topological polar surface area (TPSA) is 197 Å². The van der Waals surface area contributed by atoms with Gasteiger partial charge in [0, 0.05) is 11.8 Å². The molecule has 1 aliphatic rings. The van der Waals surface area contributed by atoms with Gasteiger partial charge in [-0.05, 0) is 19.8 Å². The molecule has 0 saturated carbocycles. The number of aliphatic carboxylic acids is 2. The van der Waals surface area contributed by atoms with E-state index in [-0.39, 0.29) is 0 Å². The van der Waals surface area contributed by atoms with E-state index < -0.39 is 62.3 Å². The van der Waals surface area contributed by atoms with Gasteiger partial charge in [-0.2, -0.15) is 0 Å². The lowest BCUT2D eigenvalue weighted by atomic mass is 10.2. The van der Waals surface area contributed by atoms with Gasteiger partial charge in [-0.3, -0.25) is 28.5 Å². The minimum atomic E-state index is -4.62. The van der Waals surface area contributed by atoms with Gasteiger partial charge in [-0.1, -0.05) is 0 Å². The Kier molecular flexibility index (Phi) is 6.91. The first kappa shape index (κ1) is 22.0. The molecule has 5 N–H and O–H groups in total. The molecule has 13 nitrogen and oxygen atoms in total. The summed E-state index contributed by atoms with van der Waals surface area (Å²) in [6.45, 7) is 1.13. The Morgan fingerprint density at radius 3 is 2.71 bits per heavy atom. The first-order valence-electron chi connectivity index (χ1n) is 8.16. The van der Waals surface area contributed by atoms with Crippen molar-refractivity contribution in [2.24, 2.45) is 0 Å². The van der Waals surface area contributed by atoms with E-state index in [9.17, 15) is 28.6 Å².